The van der Waals surface area contributed by atoms with Crippen molar-refractivity contribution in [2.75, 3.05) is 19.6 Å². The van der Waals surface area contributed by atoms with E-state index in [0.717, 1.165) is 34.7 Å². The fourth-order valence-corrected chi connectivity index (χ4v) is 7.80. The van der Waals surface area contributed by atoms with Crippen molar-refractivity contribution >= 4 is 29.1 Å². The zero-order valence-electron chi connectivity index (χ0n) is 27.6. The number of hydrogen-bond donors (Lipinski definition) is 2. The molecular weight excluding hydrogens is 704 g/mol. The number of alkyl halides is 6. The SMILES string of the molecule is CCCC1N(C(=O)c2ncccc2C(F)(F)F)CCCC1(Oc1csc(C(F)(F)F)c1)C(=O)N1CCC(O)(c2ccccc2CCC(=O)O)CC1. The van der Waals surface area contributed by atoms with E-state index in [1.165, 1.54) is 4.90 Å². The van der Waals surface area contributed by atoms with Crippen LogP contribution in [0.15, 0.2) is 54.0 Å². The van der Waals surface area contributed by atoms with Crippen molar-refractivity contribution in [3.05, 3.63) is 81.3 Å². The smallest absolute Gasteiger partial charge is 0.425 e. The number of aliphatic carboxylic acids is 1. The van der Waals surface area contributed by atoms with Crippen molar-refractivity contribution in [2.45, 2.75) is 87.9 Å². The van der Waals surface area contributed by atoms with E-state index in [9.17, 15) is 50.9 Å². The van der Waals surface area contributed by atoms with E-state index < -0.39 is 63.5 Å². The zero-order valence-corrected chi connectivity index (χ0v) is 28.4. The Kier molecular flexibility index (Phi) is 11.1. The van der Waals surface area contributed by atoms with Gasteiger partial charge in [-0.3, -0.25) is 19.4 Å². The molecule has 2 N–H and O–H groups in total. The van der Waals surface area contributed by atoms with E-state index in [0.29, 0.717) is 28.9 Å². The molecular formula is C35H37F6N3O6S. The summed E-state index contributed by atoms with van der Waals surface area (Å²) in [5, 5.41) is 22.1. The molecule has 2 aliphatic heterocycles. The Morgan fingerprint density at radius 2 is 1.71 bits per heavy atom. The molecule has 2 saturated heterocycles. The number of aryl methyl sites for hydroxylation is 1. The number of aromatic nitrogens is 1. The van der Waals surface area contributed by atoms with Crippen molar-refractivity contribution < 1.29 is 55.7 Å². The highest BCUT2D eigenvalue weighted by Crippen LogP contribution is 2.44. The van der Waals surface area contributed by atoms with Crippen LogP contribution in [0.1, 0.15) is 83.9 Å². The second-order valence-electron chi connectivity index (χ2n) is 12.8. The molecule has 16 heteroatoms. The molecule has 276 valence electrons. The second kappa shape index (κ2) is 14.8. The van der Waals surface area contributed by atoms with Crippen LogP contribution in [0.5, 0.6) is 5.75 Å². The number of pyridine rings is 1. The Hall–Kier alpha value is -4.18. The number of nitrogens with zero attached hydrogens (tertiary/aromatic N) is 3. The maximum absolute atomic E-state index is 14.8. The van der Waals surface area contributed by atoms with Gasteiger partial charge in [0, 0.05) is 50.1 Å². The molecule has 0 spiro atoms. The number of thiophene rings is 1. The fraction of sp³-hybridized carbons (Fsp3) is 0.486. The van der Waals surface area contributed by atoms with E-state index in [4.69, 9.17) is 4.74 Å². The number of carboxylic acids is 1. The molecule has 51 heavy (non-hydrogen) atoms. The standard InChI is InChI=1S/C35H37F6N3O6S/c1-2-7-26-33(50-23-20-27(51-21-23)35(39,40)41,13-6-17-44(26)30(47)29-25(34(36,37)38)10-5-16-42-29)31(48)43-18-14-32(49,15-19-43)24-9-4-3-8-22(24)11-12-28(45)46/h3-5,8-10,16,20-21,26,49H,2,6-7,11-15,17-19H2,1H3,(H,45,46). The number of rotatable bonds is 10. The molecule has 0 bridgehead atoms. The topological polar surface area (TPSA) is 120 Å². The molecule has 2 atom stereocenters. The van der Waals surface area contributed by atoms with Gasteiger partial charge in [0.05, 0.1) is 17.2 Å². The predicted octanol–water partition coefficient (Wildman–Crippen LogP) is 6.93. The maximum atomic E-state index is 14.8. The number of amides is 2. The lowest BCUT2D eigenvalue weighted by Gasteiger charge is -2.51. The first-order chi connectivity index (χ1) is 24.0. The predicted molar refractivity (Wildman–Crippen MR) is 173 cm³/mol. The number of halogens is 6. The third kappa shape index (κ3) is 8.01. The summed E-state index contributed by atoms with van der Waals surface area (Å²) in [6, 6.07) is 8.20. The Balaban J connectivity index is 1.51. The largest absolute Gasteiger partial charge is 0.481 e. The number of piperidine rings is 2. The number of likely N-dealkylation sites (tertiary alicyclic amines) is 2. The molecule has 0 aliphatic carbocycles. The Morgan fingerprint density at radius 1 is 1.00 bits per heavy atom. The highest BCUT2D eigenvalue weighted by Gasteiger charge is 2.56. The van der Waals surface area contributed by atoms with Crippen LogP contribution in [0, 0.1) is 0 Å². The van der Waals surface area contributed by atoms with Crippen LogP contribution in [0.25, 0.3) is 0 Å². The third-order valence-electron chi connectivity index (χ3n) is 9.52. The minimum Gasteiger partial charge on any atom is -0.481 e. The summed E-state index contributed by atoms with van der Waals surface area (Å²) in [7, 11) is 0. The van der Waals surface area contributed by atoms with Crippen molar-refractivity contribution in [1.29, 1.82) is 0 Å². The number of ether oxygens (including phenoxy) is 1. The van der Waals surface area contributed by atoms with Gasteiger partial charge in [0.15, 0.2) is 0 Å². The van der Waals surface area contributed by atoms with Crippen LogP contribution in [0.4, 0.5) is 26.3 Å². The molecule has 0 radical (unpaired) electrons. The van der Waals surface area contributed by atoms with Crippen molar-refractivity contribution in [3.63, 3.8) is 0 Å². The van der Waals surface area contributed by atoms with E-state index in [2.05, 4.69) is 4.98 Å². The fourth-order valence-electron chi connectivity index (χ4n) is 7.13. The molecule has 2 fully saturated rings. The van der Waals surface area contributed by atoms with Crippen LogP contribution in [0.2, 0.25) is 0 Å². The van der Waals surface area contributed by atoms with Gasteiger partial charge in [-0.1, -0.05) is 37.6 Å². The van der Waals surface area contributed by atoms with Crippen molar-refractivity contribution in [2.24, 2.45) is 0 Å². The summed E-state index contributed by atoms with van der Waals surface area (Å²) >= 11 is 0.358. The van der Waals surface area contributed by atoms with Gasteiger partial charge in [0.2, 0.25) is 5.60 Å². The molecule has 5 rings (SSSR count). The van der Waals surface area contributed by atoms with Gasteiger partial charge in [0.25, 0.3) is 11.8 Å². The number of hydrogen-bond acceptors (Lipinski definition) is 7. The summed E-state index contributed by atoms with van der Waals surface area (Å²) < 4.78 is 89.1. The molecule has 9 nitrogen and oxygen atoms in total. The van der Waals surface area contributed by atoms with Crippen LogP contribution in [-0.4, -0.2) is 74.1 Å². The van der Waals surface area contributed by atoms with Crippen molar-refractivity contribution in [1.82, 2.24) is 14.8 Å². The second-order valence-corrected chi connectivity index (χ2v) is 13.7. The molecule has 4 heterocycles. The van der Waals surface area contributed by atoms with E-state index in [1.54, 1.807) is 31.2 Å². The third-order valence-corrected chi connectivity index (χ3v) is 10.5. The quantitative estimate of drug-likeness (QED) is 0.216. The Bertz CT molecular complexity index is 1740. The van der Waals surface area contributed by atoms with E-state index >= 15 is 0 Å². The van der Waals surface area contributed by atoms with E-state index in [1.807, 2.05) is 0 Å². The first-order valence-electron chi connectivity index (χ1n) is 16.5. The lowest BCUT2D eigenvalue weighted by molar-refractivity contribution is -0.163. The van der Waals surface area contributed by atoms with Gasteiger partial charge in [-0.15, -0.1) is 11.3 Å². The highest BCUT2D eigenvalue weighted by molar-refractivity contribution is 7.10. The zero-order chi connectivity index (χ0) is 37.2. The van der Waals surface area contributed by atoms with Crippen molar-refractivity contribution in [3.8, 4) is 5.75 Å². The Labute approximate surface area is 293 Å². The van der Waals surface area contributed by atoms with Gasteiger partial charge < -0.3 is 24.7 Å². The van der Waals surface area contributed by atoms with E-state index in [-0.39, 0.29) is 70.3 Å². The van der Waals surface area contributed by atoms with Gasteiger partial charge in [-0.2, -0.15) is 26.3 Å². The first-order valence-corrected chi connectivity index (χ1v) is 17.4. The van der Waals surface area contributed by atoms with Crippen LogP contribution in [-0.2, 0) is 34.0 Å². The number of carboxylic acid groups (broad SMARTS) is 1. The summed E-state index contributed by atoms with van der Waals surface area (Å²) in [5.41, 5.74) is -4.39. The van der Waals surface area contributed by atoms with Gasteiger partial charge in [-0.25, -0.2) is 0 Å². The minimum absolute atomic E-state index is 0.0273. The monoisotopic (exact) mass is 741 g/mol. The summed E-state index contributed by atoms with van der Waals surface area (Å²) in [4.78, 5) is 45.3. The molecule has 2 aromatic heterocycles. The first kappa shape index (κ1) is 38.1. The molecule has 2 unspecified atom stereocenters. The average Bonchev–Trinajstić information content (AvgIpc) is 3.57. The molecule has 1 aromatic carbocycles. The summed E-state index contributed by atoms with van der Waals surface area (Å²) in [5.74, 6) is -3.04. The lowest BCUT2D eigenvalue weighted by atomic mass is 9.78. The minimum atomic E-state index is -4.92. The number of aliphatic hydroxyl groups is 1. The Morgan fingerprint density at radius 3 is 2.33 bits per heavy atom. The van der Waals surface area contributed by atoms with Crippen LogP contribution in [0.3, 0.4) is 0 Å². The average molecular weight is 742 g/mol. The number of carbonyl (C=O) groups is 3. The van der Waals surface area contributed by atoms with Crippen LogP contribution < -0.4 is 4.74 Å². The molecule has 0 saturated carbocycles. The maximum Gasteiger partial charge on any atom is 0.425 e. The number of benzene rings is 1. The normalized spacial score (nSPS) is 21.0. The molecule has 2 aliphatic rings. The number of carbonyl (C=O) groups excluding carboxylic acids is 2. The lowest BCUT2D eigenvalue weighted by Crippen LogP contribution is -2.68. The van der Waals surface area contributed by atoms with Gasteiger partial charge in [-0.05, 0) is 55.4 Å². The molecule has 2 amide bonds. The van der Waals surface area contributed by atoms with Gasteiger partial charge in [0.1, 0.15) is 16.3 Å². The van der Waals surface area contributed by atoms with Crippen LogP contribution >= 0.6 is 11.3 Å². The van der Waals surface area contributed by atoms with Gasteiger partial charge >= 0.3 is 18.3 Å². The summed E-state index contributed by atoms with van der Waals surface area (Å²) in [6.07, 6.45) is -8.07. The highest BCUT2D eigenvalue weighted by atomic mass is 32.1. The summed E-state index contributed by atoms with van der Waals surface area (Å²) in [6.45, 7) is 1.62. The molecule has 3 aromatic rings.